The van der Waals surface area contributed by atoms with Crippen LogP contribution in [0.4, 0.5) is 4.39 Å². The summed E-state index contributed by atoms with van der Waals surface area (Å²) in [6.07, 6.45) is 2.55. The minimum Gasteiger partial charge on any atom is -0.477 e. The van der Waals surface area contributed by atoms with Crippen LogP contribution in [0.3, 0.4) is 0 Å². The number of aromatic carboxylic acids is 1. The second-order valence-electron chi connectivity index (χ2n) is 2.93. The van der Waals surface area contributed by atoms with Crippen molar-refractivity contribution in [2.45, 2.75) is 0 Å². The van der Waals surface area contributed by atoms with Gasteiger partial charge in [-0.05, 0) is 18.2 Å². The molecule has 0 atom stereocenters. The number of aromatic nitrogens is 2. The molecule has 15 heavy (non-hydrogen) atoms. The number of rotatable bonds is 2. The summed E-state index contributed by atoms with van der Waals surface area (Å²) in [5.74, 6) is -1.52. The van der Waals surface area contributed by atoms with Crippen molar-refractivity contribution in [2.24, 2.45) is 0 Å². The van der Waals surface area contributed by atoms with Crippen LogP contribution in [0.2, 0.25) is 0 Å². The van der Waals surface area contributed by atoms with Crippen LogP contribution in [-0.4, -0.2) is 20.6 Å². The fourth-order valence-electron chi connectivity index (χ4n) is 1.28. The second-order valence-corrected chi connectivity index (χ2v) is 2.93. The Kier molecular flexibility index (Phi) is 2.21. The first-order valence-corrected chi connectivity index (χ1v) is 4.20. The van der Waals surface area contributed by atoms with Gasteiger partial charge in [0.1, 0.15) is 5.82 Å². The normalized spacial score (nSPS) is 10.2. The lowest BCUT2D eigenvalue weighted by Gasteiger charge is -2.04. The molecular weight excluding hydrogens is 199 g/mol. The Hall–Kier alpha value is -2.17. The standard InChI is InChI=1S/C10H7FN2O2/c11-7-2-1-3-8(4-7)13-6-12-5-9(13)10(14)15/h1-6H,(H,14,15). The molecule has 76 valence electrons. The molecule has 1 aromatic heterocycles. The van der Waals surface area contributed by atoms with E-state index in [1.54, 1.807) is 6.07 Å². The van der Waals surface area contributed by atoms with E-state index in [-0.39, 0.29) is 5.69 Å². The minimum absolute atomic E-state index is 0.000556. The summed E-state index contributed by atoms with van der Waals surface area (Å²) in [7, 11) is 0. The third-order valence-corrected chi connectivity index (χ3v) is 1.94. The molecule has 0 saturated carbocycles. The highest BCUT2D eigenvalue weighted by Crippen LogP contribution is 2.12. The molecule has 0 bridgehead atoms. The van der Waals surface area contributed by atoms with Gasteiger partial charge in [-0.2, -0.15) is 0 Å². The molecule has 0 saturated heterocycles. The zero-order valence-electron chi connectivity index (χ0n) is 7.59. The lowest BCUT2D eigenvalue weighted by molar-refractivity contribution is 0.0688. The van der Waals surface area contributed by atoms with Crippen LogP contribution in [-0.2, 0) is 0 Å². The summed E-state index contributed by atoms with van der Waals surface area (Å²) in [5.41, 5.74) is 0.436. The molecule has 4 nitrogen and oxygen atoms in total. The van der Waals surface area contributed by atoms with Gasteiger partial charge in [-0.25, -0.2) is 14.2 Å². The first-order chi connectivity index (χ1) is 7.18. The van der Waals surface area contributed by atoms with E-state index in [0.29, 0.717) is 5.69 Å². The van der Waals surface area contributed by atoms with Crippen LogP contribution in [0.15, 0.2) is 36.8 Å². The molecule has 0 fully saturated rings. The van der Waals surface area contributed by atoms with Crippen LogP contribution >= 0.6 is 0 Å². The molecule has 0 spiro atoms. The molecule has 5 heteroatoms. The Morgan fingerprint density at radius 2 is 2.27 bits per heavy atom. The van der Waals surface area contributed by atoms with E-state index in [1.807, 2.05) is 0 Å². The third kappa shape index (κ3) is 1.71. The van der Waals surface area contributed by atoms with Gasteiger partial charge in [0.15, 0.2) is 5.69 Å². The van der Waals surface area contributed by atoms with E-state index in [1.165, 1.54) is 35.3 Å². The summed E-state index contributed by atoms with van der Waals surface area (Å²) < 4.78 is 14.2. The number of nitrogens with zero attached hydrogens (tertiary/aromatic N) is 2. The first-order valence-electron chi connectivity index (χ1n) is 4.20. The van der Waals surface area contributed by atoms with Crippen LogP contribution in [0.25, 0.3) is 5.69 Å². The first kappa shape index (κ1) is 9.39. The lowest BCUT2D eigenvalue weighted by atomic mass is 10.3. The molecular formula is C10H7FN2O2. The number of carbonyl (C=O) groups is 1. The molecule has 1 heterocycles. The molecule has 2 aromatic rings. The molecule has 1 aromatic carbocycles. The molecule has 0 aliphatic heterocycles. The Labute approximate surface area is 84.6 Å². The summed E-state index contributed by atoms with van der Waals surface area (Å²) in [4.78, 5) is 14.5. The number of hydrogen-bond donors (Lipinski definition) is 1. The van der Waals surface area contributed by atoms with Gasteiger partial charge in [0.2, 0.25) is 0 Å². The van der Waals surface area contributed by atoms with Gasteiger partial charge >= 0.3 is 5.97 Å². The van der Waals surface area contributed by atoms with E-state index < -0.39 is 11.8 Å². The smallest absolute Gasteiger partial charge is 0.354 e. The molecule has 0 unspecified atom stereocenters. The topological polar surface area (TPSA) is 55.1 Å². The zero-order chi connectivity index (χ0) is 10.8. The average Bonchev–Trinajstić information content (AvgIpc) is 2.65. The summed E-state index contributed by atoms with van der Waals surface area (Å²) >= 11 is 0. The molecule has 0 aliphatic carbocycles. The predicted molar refractivity (Wildman–Crippen MR) is 50.5 cm³/mol. The van der Waals surface area contributed by atoms with Crippen LogP contribution in [0.1, 0.15) is 10.5 Å². The molecule has 0 radical (unpaired) electrons. The fraction of sp³-hybridized carbons (Fsp3) is 0. The van der Waals surface area contributed by atoms with Gasteiger partial charge in [-0.15, -0.1) is 0 Å². The van der Waals surface area contributed by atoms with Crippen LogP contribution in [0.5, 0.6) is 0 Å². The van der Waals surface area contributed by atoms with Crippen molar-refractivity contribution in [3.63, 3.8) is 0 Å². The van der Waals surface area contributed by atoms with E-state index in [0.717, 1.165) is 0 Å². The molecule has 0 aliphatic rings. The Balaban J connectivity index is 2.54. The van der Waals surface area contributed by atoms with E-state index in [4.69, 9.17) is 5.11 Å². The van der Waals surface area contributed by atoms with Crippen molar-refractivity contribution < 1.29 is 14.3 Å². The van der Waals surface area contributed by atoms with Gasteiger partial charge in [0.25, 0.3) is 0 Å². The SMILES string of the molecule is O=C(O)c1cncn1-c1cccc(F)c1. The fourth-order valence-corrected chi connectivity index (χ4v) is 1.28. The van der Waals surface area contributed by atoms with E-state index in [2.05, 4.69) is 4.98 Å². The highest BCUT2D eigenvalue weighted by molar-refractivity contribution is 5.86. The highest BCUT2D eigenvalue weighted by Gasteiger charge is 2.11. The van der Waals surface area contributed by atoms with Crippen molar-refractivity contribution in [3.05, 3.63) is 48.3 Å². The van der Waals surface area contributed by atoms with Gasteiger partial charge in [0, 0.05) is 0 Å². The van der Waals surface area contributed by atoms with Crippen LogP contribution in [0, 0.1) is 5.82 Å². The number of carboxylic acid groups (broad SMARTS) is 1. The average molecular weight is 206 g/mol. The molecule has 0 amide bonds. The van der Waals surface area contributed by atoms with Crippen molar-refractivity contribution in [3.8, 4) is 5.69 Å². The summed E-state index contributed by atoms with van der Waals surface area (Å²) in [5, 5.41) is 8.83. The second kappa shape index (κ2) is 3.53. The Morgan fingerprint density at radius 3 is 2.93 bits per heavy atom. The Bertz CT molecular complexity index is 508. The number of imidazole rings is 1. The molecule has 1 N–H and O–H groups in total. The monoisotopic (exact) mass is 206 g/mol. The highest BCUT2D eigenvalue weighted by atomic mass is 19.1. The van der Waals surface area contributed by atoms with Gasteiger partial charge in [0.05, 0.1) is 18.2 Å². The van der Waals surface area contributed by atoms with Gasteiger partial charge in [-0.3, -0.25) is 4.57 Å². The lowest BCUT2D eigenvalue weighted by Crippen LogP contribution is -2.05. The number of carboxylic acids is 1. The van der Waals surface area contributed by atoms with Crippen molar-refractivity contribution >= 4 is 5.97 Å². The van der Waals surface area contributed by atoms with Crippen molar-refractivity contribution in [1.82, 2.24) is 9.55 Å². The Morgan fingerprint density at radius 1 is 1.47 bits per heavy atom. The van der Waals surface area contributed by atoms with Crippen molar-refractivity contribution in [2.75, 3.05) is 0 Å². The van der Waals surface area contributed by atoms with E-state index in [9.17, 15) is 9.18 Å². The summed E-state index contributed by atoms with van der Waals surface area (Å²) in [6.45, 7) is 0. The maximum absolute atomic E-state index is 12.9. The third-order valence-electron chi connectivity index (χ3n) is 1.94. The summed E-state index contributed by atoms with van der Waals surface area (Å²) in [6, 6.07) is 5.66. The largest absolute Gasteiger partial charge is 0.477 e. The number of benzene rings is 1. The minimum atomic E-state index is -1.10. The van der Waals surface area contributed by atoms with Gasteiger partial charge < -0.3 is 5.11 Å². The van der Waals surface area contributed by atoms with E-state index >= 15 is 0 Å². The van der Waals surface area contributed by atoms with Crippen molar-refractivity contribution in [1.29, 1.82) is 0 Å². The zero-order valence-corrected chi connectivity index (χ0v) is 7.59. The van der Waals surface area contributed by atoms with Gasteiger partial charge in [-0.1, -0.05) is 6.07 Å². The number of halogens is 1. The maximum Gasteiger partial charge on any atom is 0.354 e. The molecule has 2 rings (SSSR count). The predicted octanol–water partition coefficient (Wildman–Crippen LogP) is 1.71. The van der Waals surface area contributed by atoms with Crippen LogP contribution < -0.4 is 0 Å². The number of hydrogen-bond acceptors (Lipinski definition) is 2. The quantitative estimate of drug-likeness (QED) is 0.813. The maximum atomic E-state index is 12.9.